The van der Waals surface area contributed by atoms with Crippen molar-refractivity contribution in [2.75, 3.05) is 5.32 Å². The maximum Gasteiger partial charge on any atom is 0.293 e. The number of benzene rings is 1. The third-order valence-corrected chi connectivity index (χ3v) is 2.90. The van der Waals surface area contributed by atoms with Crippen molar-refractivity contribution in [3.63, 3.8) is 0 Å². The molecule has 0 aliphatic heterocycles. The van der Waals surface area contributed by atoms with Gasteiger partial charge in [-0.05, 0) is 28.1 Å². The van der Waals surface area contributed by atoms with Crippen LogP contribution < -0.4 is 5.32 Å². The number of fused-ring (bicyclic) bond motifs is 1. The van der Waals surface area contributed by atoms with Crippen molar-refractivity contribution in [1.29, 1.82) is 0 Å². The molecule has 3 rings (SSSR count). The van der Waals surface area contributed by atoms with E-state index in [2.05, 4.69) is 31.2 Å². The molecule has 0 radical (unpaired) electrons. The molecule has 5 nitrogen and oxygen atoms in total. The van der Waals surface area contributed by atoms with Crippen LogP contribution >= 0.6 is 15.9 Å². The predicted molar refractivity (Wildman–Crippen MR) is 73.9 cm³/mol. The first-order valence-corrected chi connectivity index (χ1v) is 6.29. The summed E-state index contributed by atoms with van der Waals surface area (Å²) in [5.74, 6) is 0.0832. The van der Waals surface area contributed by atoms with Crippen molar-refractivity contribution in [2.24, 2.45) is 0 Å². The first kappa shape index (κ1) is 11.9. The summed E-state index contributed by atoms with van der Waals surface area (Å²) >= 11 is 3.22. The Labute approximate surface area is 116 Å². The van der Waals surface area contributed by atoms with Crippen LogP contribution in [0.3, 0.4) is 0 Å². The zero-order chi connectivity index (χ0) is 13.2. The number of anilines is 1. The minimum absolute atomic E-state index is 0.229. The SMILES string of the molecule is O=C(Nc1ncc(Br)cn1)c1cc2ccccc2o1. The number of para-hydroxylation sites is 1. The Morgan fingerprint density at radius 1 is 1.21 bits per heavy atom. The Morgan fingerprint density at radius 3 is 2.68 bits per heavy atom. The normalized spacial score (nSPS) is 10.6. The van der Waals surface area contributed by atoms with Gasteiger partial charge in [0.25, 0.3) is 5.91 Å². The Hall–Kier alpha value is -2.21. The van der Waals surface area contributed by atoms with Crippen molar-refractivity contribution in [1.82, 2.24) is 9.97 Å². The fourth-order valence-corrected chi connectivity index (χ4v) is 1.84. The number of aromatic nitrogens is 2. The molecule has 1 N–H and O–H groups in total. The predicted octanol–water partition coefficient (Wildman–Crippen LogP) is 3.24. The van der Waals surface area contributed by atoms with E-state index in [0.29, 0.717) is 5.58 Å². The minimum atomic E-state index is -0.376. The average Bonchev–Trinajstić information content (AvgIpc) is 2.85. The molecule has 0 saturated carbocycles. The summed E-state index contributed by atoms with van der Waals surface area (Å²) in [6, 6.07) is 9.11. The van der Waals surface area contributed by atoms with Gasteiger partial charge in [0.1, 0.15) is 5.58 Å². The number of nitrogens with one attached hydrogen (secondary N) is 1. The van der Waals surface area contributed by atoms with Gasteiger partial charge in [0.05, 0.1) is 4.47 Å². The van der Waals surface area contributed by atoms with Gasteiger partial charge in [-0.15, -0.1) is 0 Å². The Balaban J connectivity index is 1.85. The fraction of sp³-hybridized carbons (Fsp3) is 0. The van der Waals surface area contributed by atoms with E-state index in [1.165, 1.54) is 0 Å². The van der Waals surface area contributed by atoms with Gasteiger partial charge in [-0.1, -0.05) is 18.2 Å². The molecule has 0 atom stereocenters. The second-order valence-corrected chi connectivity index (χ2v) is 4.74. The summed E-state index contributed by atoms with van der Waals surface area (Å²) in [4.78, 5) is 19.9. The summed E-state index contributed by atoms with van der Waals surface area (Å²) in [7, 11) is 0. The Morgan fingerprint density at radius 2 is 1.95 bits per heavy atom. The van der Waals surface area contributed by atoms with Gasteiger partial charge < -0.3 is 4.42 Å². The van der Waals surface area contributed by atoms with Gasteiger partial charge in [-0.3, -0.25) is 10.1 Å². The maximum absolute atomic E-state index is 12.0. The molecule has 1 aromatic carbocycles. The number of furan rings is 1. The zero-order valence-corrected chi connectivity index (χ0v) is 11.2. The maximum atomic E-state index is 12.0. The molecule has 6 heteroatoms. The van der Waals surface area contributed by atoms with E-state index in [-0.39, 0.29) is 17.6 Å². The number of hydrogen-bond acceptors (Lipinski definition) is 4. The molecule has 0 saturated heterocycles. The molecule has 19 heavy (non-hydrogen) atoms. The number of carbonyl (C=O) groups excluding carboxylic acids is 1. The topological polar surface area (TPSA) is 68.0 Å². The first-order valence-electron chi connectivity index (χ1n) is 5.50. The van der Waals surface area contributed by atoms with Crippen LogP contribution in [0.5, 0.6) is 0 Å². The molecule has 0 fully saturated rings. The van der Waals surface area contributed by atoms with Crippen molar-refractivity contribution < 1.29 is 9.21 Å². The molecule has 0 spiro atoms. The van der Waals surface area contributed by atoms with Crippen LogP contribution in [0.2, 0.25) is 0 Å². The van der Waals surface area contributed by atoms with Gasteiger partial charge in [-0.2, -0.15) is 0 Å². The van der Waals surface area contributed by atoms with Crippen molar-refractivity contribution in [3.8, 4) is 0 Å². The van der Waals surface area contributed by atoms with Crippen molar-refractivity contribution >= 4 is 38.8 Å². The zero-order valence-electron chi connectivity index (χ0n) is 9.63. The van der Waals surface area contributed by atoms with Gasteiger partial charge in [-0.25, -0.2) is 9.97 Å². The van der Waals surface area contributed by atoms with E-state index in [1.54, 1.807) is 18.5 Å². The Kier molecular flexibility index (Phi) is 3.00. The highest BCUT2D eigenvalue weighted by Gasteiger charge is 2.13. The van der Waals surface area contributed by atoms with Crippen LogP contribution in [0.4, 0.5) is 5.95 Å². The van der Waals surface area contributed by atoms with E-state index < -0.39 is 0 Å². The average molecular weight is 318 g/mol. The van der Waals surface area contributed by atoms with E-state index in [0.717, 1.165) is 9.86 Å². The fourth-order valence-electron chi connectivity index (χ4n) is 1.63. The second kappa shape index (κ2) is 4.81. The summed E-state index contributed by atoms with van der Waals surface area (Å²) < 4.78 is 6.19. The molecule has 1 amide bonds. The third-order valence-electron chi connectivity index (χ3n) is 2.49. The summed E-state index contributed by atoms with van der Waals surface area (Å²) in [5, 5.41) is 3.45. The highest BCUT2D eigenvalue weighted by atomic mass is 79.9. The quantitative estimate of drug-likeness (QED) is 0.787. The number of carbonyl (C=O) groups is 1. The number of amides is 1. The lowest BCUT2D eigenvalue weighted by Gasteiger charge is -2.00. The molecular weight excluding hydrogens is 310 g/mol. The lowest BCUT2D eigenvalue weighted by atomic mass is 10.2. The lowest BCUT2D eigenvalue weighted by molar-refractivity contribution is 0.0998. The van der Waals surface area contributed by atoms with Gasteiger partial charge in [0, 0.05) is 17.8 Å². The van der Waals surface area contributed by atoms with Crippen LogP contribution in [0.1, 0.15) is 10.6 Å². The van der Waals surface area contributed by atoms with Crippen LogP contribution in [0, 0.1) is 0 Å². The molecule has 94 valence electrons. The molecule has 2 aromatic heterocycles. The van der Waals surface area contributed by atoms with Crippen LogP contribution in [0.25, 0.3) is 11.0 Å². The lowest BCUT2D eigenvalue weighted by Crippen LogP contribution is -2.13. The smallest absolute Gasteiger partial charge is 0.293 e. The van der Waals surface area contributed by atoms with E-state index in [4.69, 9.17) is 4.42 Å². The number of hydrogen-bond donors (Lipinski definition) is 1. The van der Waals surface area contributed by atoms with Gasteiger partial charge >= 0.3 is 0 Å². The minimum Gasteiger partial charge on any atom is -0.451 e. The molecule has 2 heterocycles. The summed E-state index contributed by atoms with van der Waals surface area (Å²) in [5.41, 5.74) is 0.671. The van der Waals surface area contributed by atoms with Gasteiger partial charge in [0.15, 0.2) is 5.76 Å². The highest BCUT2D eigenvalue weighted by Crippen LogP contribution is 2.19. The van der Waals surface area contributed by atoms with E-state index in [9.17, 15) is 4.79 Å². The first-order chi connectivity index (χ1) is 9.22. The summed E-state index contributed by atoms with van der Waals surface area (Å²) in [6.45, 7) is 0. The number of nitrogens with zero attached hydrogens (tertiary/aromatic N) is 2. The van der Waals surface area contributed by atoms with Crippen LogP contribution in [-0.2, 0) is 0 Å². The number of halogens is 1. The Bertz CT molecular complexity index is 704. The van der Waals surface area contributed by atoms with E-state index >= 15 is 0 Å². The van der Waals surface area contributed by atoms with Gasteiger partial charge in [0.2, 0.25) is 5.95 Å². The second-order valence-electron chi connectivity index (χ2n) is 3.83. The molecule has 0 bridgehead atoms. The van der Waals surface area contributed by atoms with Crippen molar-refractivity contribution in [3.05, 3.63) is 53.0 Å². The third kappa shape index (κ3) is 2.48. The molecule has 0 aliphatic rings. The highest BCUT2D eigenvalue weighted by molar-refractivity contribution is 9.10. The largest absolute Gasteiger partial charge is 0.451 e. The monoisotopic (exact) mass is 317 g/mol. The molecular formula is C13H8BrN3O2. The standard InChI is InChI=1S/C13H8BrN3O2/c14-9-6-15-13(16-7-9)17-12(18)11-5-8-3-1-2-4-10(8)19-11/h1-7H,(H,15,16,17,18). The van der Waals surface area contributed by atoms with E-state index in [1.807, 2.05) is 24.3 Å². The molecule has 3 aromatic rings. The molecule has 0 unspecified atom stereocenters. The van der Waals surface area contributed by atoms with Crippen LogP contribution in [-0.4, -0.2) is 15.9 Å². The number of rotatable bonds is 2. The summed E-state index contributed by atoms with van der Waals surface area (Å²) in [6.07, 6.45) is 3.11. The molecule has 0 aliphatic carbocycles. The van der Waals surface area contributed by atoms with Crippen molar-refractivity contribution in [2.45, 2.75) is 0 Å². The van der Waals surface area contributed by atoms with Crippen LogP contribution in [0.15, 0.2) is 51.6 Å².